The van der Waals surface area contributed by atoms with E-state index in [1.165, 1.54) is 35.9 Å². The summed E-state index contributed by atoms with van der Waals surface area (Å²) in [5.41, 5.74) is 3.60. The van der Waals surface area contributed by atoms with Crippen molar-refractivity contribution in [2.45, 2.75) is 45.1 Å². The Kier molecular flexibility index (Phi) is 3.76. The van der Waals surface area contributed by atoms with Crippen molar-refractivity contribution in [1.82, 2.24) is 9.88 Å². The van der Waals surface area contributed by atoms with Gasteiger partial charge in [-0.05, 0) is 18.9 Å². The largest absolute Gasteiger partial charge is 0.495 e. The minimum Gasteiger partial charge on any atom is -0.495 e. The van der Waals surface area contributed by atoms with Gasteiger partial charge in [-0.25, -0.2) is 0 Å². The number of methoxy groups -OCH3 is 1. The Bertz CT molecular complexity index is 728. The number of para-hydroxylation sites is 1. The zero-order valence-corrected chi connectivity index (χ0v) is 13.7. The lowest BCUT2D eigenvalue weighted by molar-refractivity contribution is -0.137. The number of ether oxygens (including phenoxy) is 1. The van der Waals surface area contributed by atoms with E-state index < -0.39 is 0 Å². The predicted molar refractivity (Wildman–Crippen MR) is 90.5 cm³/mol. The first-order chi connectivity index (χ1) is 11.3. The molecular weight excluding hydrogens is 288 g/mol. The number of rotatable bonds is 2. The molecule has 2 aromatic rings. The SMILES string of the molecule is COc1cccc2c3c([nH]c12)CCN(C(=O)C1CCCCC1)C3. The molecule has 1 amide bonds. The van der Waals surface area contributed by atoms with Gasteiger partial charge in [-0.15, -0.1) is 0 Å². The molecule has 1 N–H and O–H groups in total. The second-order valence-electron chi connectivity index (χ2n) is 6.81. The van der Waals surface area contributed by atoms with Gasteiger partial charge < -0.3 is 14.6 Å². The van der Waals surface area contributed by atoms with Crippen LogP contribution in [0.4, 0.5) is 0 Å². The van der Waals surface area contributed by atoms with Crippen molar-refractivity contribution >= 4 is 16.8 Å². The molecule has 4 heteroatoms. The van der Waals surface area contributed by atoms with E-state index in [0.717, 1.165) is 43.6 Å². The smallest absolute Gasteiger partial charge is 0.225 e. The molecule has 23 heavy (non-hydrogen) atoms. The summed E-state index contributed by atoms with van der Waals surface area (Å²) in [6.45, 7) is 1.56. The first kappa shape index (κ1) is 14.6. The van der Waals surface area contributed by atoms with Crippen LogP contribution < -0.4 is 4.74 Å². The molecule has 1 aromatic heterocycles. The maximum absolute atomic E-state index is 12.8. The van der Waals surface area contributed by atoms with Crippen LogP contribution in [0.3, 0.4) is 0 Å². The van der Waals surface area contributed by atoms with Gasteiger partial charge in [0.15, 0.2) is 0 Å². The summed E-state index contributed by atoms with van der Waals surface area (Å²) in [5, 5.41) is 1.19. The van der Waals surface area contributed by atoms with E-state index in [1.807, 2.05) is 12.1 Å². The van der Waals surface area contributed by atoms with Gasteiger partial charge in [0.2, 0.25) is 5.91 Å². The standard InChI is InChI=1S/C19H24N2O2/c1-23-17-9-5-8-14-15-12-21(11-10-16(15)20-18(14)17)19(22)13-6-3-2-4-7-13/h5,8-9,13,20H,2-4,6-7,10-12H2,1H3. The molecule has 1 aromatic carbocycles. The first-order valence-corrected chi connectivity index (χ1v) is 8.73. The number of hydrogen-bond acceptors (Lipinski definition) is 2. The molecule has 2 aliphatic rings. The van der Waals surface area contributed by atoms with E-state index in [2.05, 4.69) is 16.0 Å². The number of amides is 1. The number of carbonyl (C=O) groups is 1. The van der Waals surface area contributed by atoms with Gasteiger partial charge in [0, 0.05) is 42.1 Å². The summed E-state index contributed by atoms with van der Waals surface area (Å²) in [6, 6.07) is 6.13. The number of carbonyl (C=O) groups excluding carboxylic acids is 1. The monoisotopic (exact) mass is 312 g/mol. The summed E-state index contributed by atoms with van der Waals surface area (Å²) >= 11 is 0. The van der Waals surface area contributed by atoms with Crippen LogP contribution >= 0.6 is 0 Å². The van der Waals surface area contributed by atoms with Crippen molar-refractivity contribution in [3.05, 3.63) is 29.5 Å². The van der Waals surface area contributed by atoms with Gasteiger partial charge in [-0.3, -0.25) is 4.79 Å². The third kappa shape index (κ3) is 2.50. The fourth-order valence-corrected chi connectivity index (χ4v) is 4.18. The number of benzene rings is 1. The van der Waals surface area contributed by atoms with Crippen molar-refractivity contribution < 1.29 is 9.53 Å². The van der Waals surface area contributed by atoms with Gasteiger partial charge in [0.25, 0.3) is 0 Å². The topological polar surface area (TPSA) is 45.3 Å². The van der Waals surface area contributed by atoms with E-state index >= 15 is 0 Å². The summed E-state index contributed by atoms with van der Waals surface area (Å²) in [5.74, 6) is 1.50. The average Bonchev–Trinajstić information content (AvgIpc) is 2.99. The highest BCUT2D eigenvalue weighted by Gasteiger charge is 2.30. The first-order valence-electron chi connectivity index (χ1n) is 8.73. The zero-order valence-electron chi connectivity index (χ0n) is 13.7. The molecule has 0 spiro atoms. The van der Waals surface area contributed by atoms with Crippen molar-refractivity contribution in [1.29, 1.82) is 0 Å². The molecule has 1 fully saturated rings. The second-order valence-corrected chi connectivity index (χ2v) is 6.81. The number of aromatic nitrogens is 1. The number of aromatic amines is 1. The molecule has 1 saturated carbocycles. The highest BCUT2D eigenvalue weighted by Crippen LogP contribution is 2.34. The molecule has 122 valence electrons. The zero-order chi connectivity index (χ0) is 15.8. The van der Waals surface area contributed by atoms with E-state index in [4.69, 9.17) is 4.74 Å². The van der Waals surface area contributed by atoms with Gasteiger partial charge in [-0.1, -0.05) is 31.4 Å². The lowest BCUT2D eigenvalue weighted by Crippen LogP contribution is -2.40. The lowest BCUT2D eigenvalue weighted by Gasteiger charge is -2.32. The van der Waals surface area contributed by atoms with Gasteiger partial charge in [0.05, 0.1) is 12.6 Å². The lowest BCUT2D eigenvalue weighted by atomic mass is 9.87. The predicted octanol–water partition coefficient (Wildman–Crippen LogP) is 3.64. The Labute approximate surface area is 136 Å². The van der Waals surface area contributed by atoms with Crippen molar-refractivity contribution in [3.63, 3.8) is 0 Å². The maximum Gasteiger partial charge on any atom is 0.225 e. The highest BCUT2D eigenvalue weighted by molar-refractivity contribution is 5.90. The third-order valence-electron chi connectivity index (χ3n) is 5.46. The van der Waals surface area contributed by atoms with E-state index in [-0.39, 0.29) is 5.92 Å². The Balaban J connectivity index is 1.62. The third-order valence-corrected chi connectivity index (χ3v) is 5.46. The minimum atomic E-state index is 0.255. The molecule has 2 heterocycles. The quantitative estimate of drug-likeness (QED) is 0.920. The Hall–Kier alpha value is -1.97. The van der Waals surface area contributed by atoms with Crippen LogP contribution in [-0.2, 0) is 17.8 Å². The Morgan fingerprint density at radius 3 is 2.87 bits per heavy atom. The molecule has 1 aliphatic heterocycles. The highest BCUT2D eigenvalue weighted by atomic mass is 16.5. The Morgan fingerprint density at radius 1 is 1.26 bits per heavy atom. The normalized spacial score (nSPS) is 18.9. The van der Waals surface area contributed by atoms with Gasteiger partial charge >= 0.3 is 0 Å². The fraction of sp³-hybridized carbons (Fsp3) is 0.526. The second kappa shape index (κ2) is 5.91. The van der Waals surface area contributed by atoms with Crippen molar-refractivity contribution in [3.8, 4) is 5.75 Å². The molecule has 0 radical (unpaired) electrons. The fourth-order valence-electron chi connectivity index (χ4n) is 4.18. The van der Waals surface area contributed by atoms with Crippen molar-refractivity contribution in [2.75, 3.05) is 13.7 Å². The van der Waals surface area contributed by atoms with Crippen molar-refractivity contribution in [2.24, 2.45) is 5.92 Å². The summed E-state index contributed by atoms with van der Waals surface area (Å²) in [7, 11) is 1.70. The van der Waals surface area contributed by atoms with E-state index in [1.54, 1.807) is 7.11 Å². The maximum atomic E-state index is 12.8. The van der Waals surface area contributed by atoms with Crippen LogP contribution in [0.15, 0.2) is 18.2 Å². The van der Waals surface area contributed by atoms with Crippen LogP contribution in [0.5, 0.6) is 5.75 Å². The molecular formula is C19H24N2O2. The number of fused-ring (bicyclic) bond motifs is 3. The molecule has 0 bridgehead atoms. The average molecular weight is 312 g/mol. The number of hydrogen-bond donors (Lipinski definition) is 1. The van der Waals surface area contributed by atoms with Crippen LogP contribution in [0.2, 0.25) is 0 Å². The molecule has 4 rings (SSSR count). The number of nitrogens with zero attached hydrogens (tertiary/aromatic N) is 1. The Morgan fingerprint density at radius 2 is 2.09 bits per heavy atom. The van der Waals surface area contributed by atoms with Crippen LogP contribution in [-0.4, -0.2) is 29.4 Å². The van der Waals surface area contributed by atoms with Gasteiger partial charge in [0.1, 0.15) is 5.75 Å². The number of H-pyrrole nitrogens is 1. The summed E-state index contributed by atoms with van der Waals surface area (Å²) < 4.78 is 5.46. The molecule has 0 atom stereocenters. The minimum absolute atomic E-state index is 0.255. The summed E-state index contributed by atoms with van der Waals surface area (Å²) in [6.07, 6.45) is 6.76. The number of nitrogens with one attached hydrogen (secondary N) is 1. The molecule has 1 aliphatic carbocycles. The van der Waals surface area contributed by atoms with Crippen LogP contribution in [0.1, 0.15) is 43.4 Å². The van der Waals surface area contributed by atoms with Crippen LogP contribution in [0.25, 0.3) is 10.9 Å². The van der Waals surface area contributed by atoms with Crippen LogP contribution in [0, 0.1) is 5.92 Å². The summed E-state index contributed by atoms with van der Waals surface area (Å²) in [4.78, 5) is 18.4. The molecule has 4 nitrogen and oxygen atoms in total. The van der Waals surface area contributed by atoms with Gasteiger partial charge in [-0.2, -0.15) is 0 Å². The van der Waals surface area contributed by atoms with E-state index in [0.29, 0.717) is 5.91 Å². The molecule has 0 saturated heterocycles. The molecule has 0 unspecified atom stereocenters. The van der Waals surface area contributed by atoms with E-state index in [9.17, 15) is 4.79 Å².